The highest BCUT2D eigenvalue weighted by molar-refractivity contribution is 5.76. The molecule has 0 saturated carbocycles. The van der Waals surface area contributed by atoms with E-state index in [2.05, 4.69) is 20.7 Å². The second kappa shape index (κ2) is 8.53. The molecule has 3 unspecified atom stereocenters. The highest BCUT2D eigenvalue weighted by Crippen LogP contribution is 2.18. The van der Waals surface area contributed by atoms with E-state index in [1.165, 1.54) is 7.11 Å². The zero-order valence-electron chi connectivity index (χ0n) is 14.1. The summed E-state index contributed by atoms with van der Waals surface area (Å²) in [4.78, 5) is 18.5. The van der Waals surface area contributed by atoms with Gasteiger partial charge in [-0.2, -0.15) is 0 Å². The van der Waals surface area contributed by atoms with Gasteiger partial charge in [0.15, 0.2) is 0 Å². The van der Waals surface area contributed by atoms with Crippen LogP contribution in [0.5, 0.6) is 0 Å². The third-order valence-electron chi connectivity index (χ3n) is 4.70. The van der Waals surface area contributed by atoms with Gasteiger partial charge in [-0.05, 0) is 31.5 Å². The van der Waals surface area contributed by atoms with Crippen LogP contribution < -0.4 is 10.9 Å². The van der Waals surface area contributed by atoms with Gasteiger partial charge in [0.1, 0.15) is 6.04 Å². The number of nitrogens with zero attached hydrogens (tertiary/aromatic N) is 2. The molecule has 0 spiro atoms. The zero-order chi connectivity index (χ0) is 16.8. The Morgan fingerprint density at radius 3 is 3.17 bits per heavy atom. The van der Waals surface area contributed by atoms with E-state index >= 15 is 0 Å². The molecule has 3 atom stereocenters. The summed E-state index contributed by atoms with van der Waals surface area (Å²) in [5.74, 6) is 0.0111. The minimum Gasteiger partial charge on any atom is -0.468 e. The van der Waals surface area contributed by atoms with Crippen molar-refractivity contribution >= 4 is 5.97 Å². The Balaban J connectivity index is 1.47. The first-order valence-corrected chi connectivity index (χ1v) is 8.56. The van der Waals surface area contributed by atoms with Crippen molar-refractivity contribution in [1.29, 1.82) is 0 Å². The molecule has 1 aromatic rings. The smallest absolute Gasteiger partial charge is 0.324 e. The third kappa shape index (κ3) is 4.51. The number of carbonyl (C=O) groups excluding carboxylic acids is 1. The van der Waals surface area contributed by atoms with Crippen molar-refractivity contribution in [2.24, 2.45) is 5.92 Å². The minimum absolute atomic E-state index is 0.204. The van der Waals surface area contributed by atoms with Crippen LogP contribution in [0.25, 0.3) is 0 Å². The largest absolute Gasteiger partial charge is 0.468 e. The van der Waals surface area contributed by atoms with E-state index in [-0.39, 0.29) is 24.0 Å². The van der Waals surface area contributed by atoms with Crippen molar-refractivity contribution < 1.29 is 14.3 Å². The van der Waals surface area contributed by atoms with Crippen molar-refractivity contribution in [3.05, 3.63) is 30.1 Å². The average Bonchev–Trinajstić information content (AvgIpc) is 3.08. The molecule has 7 nitrogen and oxygen atoms in total. The summed E-state index contributed by atoms with van der Waals surface area (Å²) in [6.07, 6.45) is 4.20. The lowest BCUT2D eigenvalue weighted by Crippen LogP contribution is -2.46. The molecule has 2 aliphatic heterocycles. The fourth-order valence-corrected chi connectivity index (χ4v) is 3.42. The quantitative estimate of drug-likeness (QED) is 0.726. The maximum atomic E-state index is 11.8. The fourth-order valence-electron chi connectivity index (χ4n) is 3.42. The van der Waals surface area contributed by atoms with Crippen LogP contribution in [0.3, 0.4) is 0 Å². The van der Waals surface area contributed by atoms with Gasteiger partial charge in [-0.15, -0.1) is 0 Å². The molecule has 2 aliphatic rings. The lowest BCUT2D eigenvalue weighted by atomic mass is 9.99. The number of esters is 1. The molecule has 7 heteroatoms. The van der Waals surface area contributed by atoms with Gasteiger partial charge < -0.3 is 14.4 Å². The molecule has 1 aromatic heterocycles. The van der Waals surface area contributed by atoms with E-state index < -0.39 is 0 Å². The predicted octanol–water partition coefficient (Wildman–Crippen LogP) is 0.328. The standard InChI is InChI=1S/C17H26N4O3/c1-23-17(22)16-13(9-19-20-16)10-21-8-4-6-15(11-21)24-12-14-5-2-3-7-18-14/h2-3,5,7,13,15-16,19-20H,4,6,8-12H2,1H3. The summed E-state index contributed by atoms with van der Waals surface area (Å²) in [6, 6.07) is 5.60. The fraction of sp³-hybridized carbons (Fsp3) is 0.647. The number of pyridine rings is 1. The van der Waals surface area contributed by atoms with Gasteiger partial charge >= 0.3 is 5.97 Å². The number of hydrazine groups is 1. The van der Waals surface area contributed by atoms with Crippen molar-refractivity contribution in [1.82, 2.24) is 20.7 Å². The minimum atomic E-state index is -0.273. The molecule has 0 aromatic carbocycles. The summed E-state index contributed by atoms with van der Waals surface area (Å²) in [7, 11) is 1.43. The van der Waals surface area contributed by atoms with Crippen LogP contribution in [-0.2, 0) is 20.9 Å². The number of ether oxygens (including phenoxy) is 2. The first-order chi connectivity index (χ1) is 11.8. The molecule has 0 radical (unpaired) electrons. The molecular formula is C17H26N4O3. The molecule has 0 aliphatic carbocycles. The third-order valence-corrected chi connectivity index (χ3v) is 4.70. The van der Waals surface area contributed by atoms with Crippen molar-refractivity contribution in [2.75, 3.05) is 33.3 Å². The SMILES string of the molecule is COC(=O)C1NNCC1CN1CCCC(OCc2ccccn2)C1. The normalized spacial score (nSPS) is 28.0. The Morgan fingerprint density at radius 1 is 1.46 bits per heavy atom. The Hall–Kier alpha value is -1.54. The summed E-state index contributed by atoms with van der Waals surface area (Å²) < 4.78 is 10.9. The number of likely N-dealkylation sites (tertiary alicyclic amines) is 1. The monoisotopic (exact) mass is 334 g/mol. The molecule has 132 valence electrons. The lowest BCUT2D eigenvalue weighted by molar-refractivity contribution is -0.144. The van der Waals surface area contributed by atoms with Gasteiger partial charge in [0, 0.05) is 31.7 Å². The van der Waals surface area contributed by atoms with E-state index in [0.29, 0.717) is 6.61 Å². The number of aromatic nitrogens is 1. The zero-order valence-corrected chi connectivity index (χ0v) is 14.1. The molecule has 0 bridgehead atoms. The van der Waals surface area contributed by atoms with Crippen molar-refractivity contribution in [3.63, 3.8) is 0 Å². The summed E-state index contributed by atoms with van der Waals surface area (Å²) in [5.41, 5.74) is 7.04. The number of piperidine rings is 1. The molecule has 3 rings (SSSR count). The molecule has 2 saturated heterocycles. The number of carbonyl (C=O) groups is 1. The van der Waals surface area contributed by atoms with Crippen LogP contribution in [0.1, 0.15) is 18.5 Å². The lowest BCUT2D eigenvalue weighted by Gasteiger charge is -2.34. The number of rotatable bonds is 6. The van der Waals surface area contributed by atoms with E-state index in [1.807, 2.05) is 18.2 Å². The number of nitrogens with one attached hydrogen (secondary N) is 2. The Morgan fingerprint density at radius 2 is 2.38 bits per heavy atom. The van der Waals surface area contributed by atoms with E-state index in [1.54, 1.807) is 6.20 Å². The molecule has 2 fully saturated rings. The predicted molar refractivity (Wildman–Crippen MR) is 88.9 cm³/mol. The summed E-state index contributed by atoms with van der Waals surface area (Å²) >= 11 is 0. The van der Waals surface area contributed by atoms with Crippen molar-refractivity contribution in [2.45, 2.75) is 31.6 Å². The van der Waals surface area contributed by atoms with Gasteiger partial charge in [0.05, 0.1) is 25.5 Å². The summed E-state index contributed by atoms with van der Waals surface area (Å²) in [5, 5.41) is 0. The van der Waals surface area contributed by atoms with Crippen LogP contribution in [-0.4, -0.2) is 61.3 Å². The van der Waals surface area contributed by atoms with Crippen LogP contribution in [0.15, 0.2) is 24.4 Å². The van der Waals surface area contributed by atoms with Gasteiger partial charge in [-0.1, -0.05) is 6.07 Å². The highest BCUT2D eigenvalue weighted by atomic mass is 16.5. The van der Waals surface area contributed by atoms with Gasteiger partial charge in [0.2, 0.25) is 0 Å². The Kier molecular flexibility index (Phi) is 6.14. The maximum Gasteiger partial charge on any atom is 0.324 e. The Bertz CT molecular complexity index is 528. The Labute approximate surface area is 142 Å². The van der Waals surface area contributed by atoms with Crippen LogP contribution in [0.4, 0.5) is 0 Å². The first-order valence-electron chi connectivity index (χ1n) is 8.56. The number of methoxy groups -OCH3 is 1. The van der Waals surface area contributed by atoms with Gasteiger partial charge in [-0.3, -0.25) is 15.2 Å². The van der Waals surface area contributed by atoms with E-state index in [9.17, 15) is 4.79 Å². The molecule has 3 heterocycles. The second-order valence-corrected chi connectivity index (χ2v) is 6.44. The second-order valence-electron chi connectivity index (χ2n) is 6.44. The molecule has 24 heavy (non-hydrogen) atoms. The molecule has 0 amide bonds. The first kappa shape index (κ1) is 17.3. The molecule has 2 N–H and O–H groups in total. The van der Waals surface area contributed by atoms with Crippen LogP contribution in [0.2, 0.25) is 0 Å². The van der Waals surface area contributed by atoms with Crippen LogP contribution in [0, 0.1) is 5.92 Å². The van der Waals surface area contributed by atoms with Crippen LogP contribution >= 0.6 is 0 Å². The number of hydrogen-bond acceptors (Lipinski definition) is 7. The summed E-state index contributed by atoms with van der Waals surface area (Å²) in [6.45, 7) is 4.14. The maximum absolute atomic E-state index is 11.8. The van der Waals surface area contributed by atoms with E-state index in [4.69, 9.17) is 9.47 Å². The molecular weight excluding hydrogens is 308 g/mol. The topological polar surface area (TPSA) is 75.7 Å². The van der Waals surface area contributed by atoms with Gasteiger partial charge in [0.25, 0.3) is 0 Å². The van der Waals surface area contributed by atoms with E-state index in [0.717, 1.165) is 44.7 Å². The van der Waals surface area contributed by atoms with Crippen molar-refractivity contribution in [3.8, 4) is 0 Å². The average molecular weight is 334 g/mol. The highest BCUT2D eigenvalue weighted by Gasteiger charge is 2.35. The van der Waals surface area contributed by atoms with Gasteiger partial charge in [-0.25, -0.2) is 5.43 Å². The number of hydrogen-bond donors (Lipinski definition) is 2.